The summed E-state index contributed by atoms with van der Waals surface area (Å²) in [6.45, 7) is 3.92. The highest BCUT2D eigenvalue weighted by molar-refractivity contribution is 5.71. The summed E-state index contributed by atoms with van der Waals surface area (Å²) in [5.41, 5.74) is 2.94. The van der Waals surface area contributed by atoms with Gasteiger partial charge in [0.2, 0.25) is 0 Å². The number of methoxy groups -OCH3 is 2. The number of carbonyl (C=O) groups is 1. The number of aliphatic hydroxyl groups is 1. The van der Waals surface area contributed by atoms with Gasteiger partial charge >= 0.3 is 5.97 Å². The molecule has 0 aliphatic heterocycles. The van der Waals surface area contributed by atoms with E-state index in [-0.39, 0.29) is 31.4 Å². The number of halogens is 1. The molecule has 1 unspecified atom stereocenters. The zero-order valence-corrected chi connectivity index (χ0v) is 22.9. The van der Waals surface area contributed by atoms with Crippen LogP contribution in [0.4, 0.5) is 4.39 Å². The third-order valence-electron chi connectivity index (χ3n) is 7.49. The van der Waals surface area contributed by atoms with Gasteiger partial charge in [-0.05, 0) is 83.3 Å². The number of ether oxygens (including phenoxy) is 3. The van der Waals surface area contributed by atoms with Crippen LogP contribution in [0.1, 0.15) is 61.8 Å². The lowest BCUT2D eigenvalue weighted by Gasteiger charge is -2.33. The molecule has 1 fully saturated rings. The monoisotopic (exact) mass is 536 g/mol. The summed E-state index contributed by atoms with van der Waals surface area (Å²) in [4.78, 5) is 11.4. The van der Waals surface area contributed by atoms with E-state index in [4.69, 9.17) is 14.2 Å². The lowest BCUT2D eigenvalue weighted by Crippen LogP contribution is -2.28. The summed E-state index contributed by atoms with van der Waals surface area (Å²) in [7, 11) is 3.12. The van der Waals surface area contributed by atoms with Gasteiger partial charge in [0.1, 0.15) is 23.9 Å². The van der Waals surface area contributed by atoms with Crippen molar-refractivity contribution >= 4 is 5.97 Å². The van der Waals surface area contributed by atoms with Crippen LogP contribution in [0.15, 0.2) is 60.7 Å². The molecule has 39 heavy (non-hydrogen) atoms. The maximum absolute atomic E-state index is 15.0. The molecule has 0 amide bonds. The molecule has 2 atom stereocenters. The van der Waals surface area contributed by atoms with Gasteiger partial charge in [0, 0.05) is 18.1 Å². The highest BCUT2D eigenvalue weighted by Crippen LogP contribution is 2.45. The van der Waals surface area contributed by atoms with Crippen molar-refractivity contribution in [2.24, 2.45) is 11.3 Å². The number of carboxylic acid groups (broad SMARTS) is 1. The molecule has 4 rings (SSSR count). The highest BCUT2D eigenvalue weighted by Gasteiger charge is 2.34. The topological polar surface area (TPSA) is 85.2 Å². The van der Waals surface area contributed by atoms with Gasteiger partial charge in [0.15, 0.2) is 0 Å². The van der Waals surface area contributed by atoms with Crippen molar-refractivity contribution in [2.75, 3.05) is 20.8 Å². The average molecular weight is 537 g/mol. The van der Waals surface area contributed by atoms with E-state index in [2.05, 4.69) is 0 Å². The van der Waals surface area contributed by atoms with Gasteiger partial charge in [-0.2, -0.15) is 0 Å². The molecule has 0 radical (unpaired) electrons. The van der Waals surface area contributed by atoms with Crippen LogP contribution in [0.5, 0.6) is 11.5 Å². The number of rotatable bonds is 13. The smallest absolute Gasteiger partial charge is 0.303 e. The van der Waals surface area contributed by atoms with E-state index in [1.54, 1.807) is 19.2 Å². The summed E-state index contributed by atoms with van der Waals surface area (Å²) in [5, 5.41) is 19.5. The largest absolute Gasteiger partial charge is 0.497 e. The molecule has 7 heteroatoms. The van der Waals surface area contributed by atoms with Crippen molar-refractivity contribution < 1.29 is 33.6 Å². The Bertz CT molecular complexity index is 1300. The second kappa shape index (κ2) is 12.2. The minimum Gasteiger partial charge on any atom is -0.497 e. The zero-order chi connectivity index (χ0) is 28.2. The number of benzene rings is 3. The number of hydrogen-bond acceptors (Lipinski definition) is 5. The predicted molar refractivity (Wildman–Crippen MR) is 147 cm³/mol. The van der Waals surface area contributed by atoms with Crippen LogP contribution in [-0.2, 0) is 16.1 Å². The van der Waals surface area contributed by atoms with E-state index in [9.17, 15) is 15.0 Å². The molecule has 0 spiro atoms. The minimum absolute atomic E-state index is 0.0159. The third-order valence-corrected chi connectivity index (χ3v) is 7.49. The fourth-order valence-corrected chi connectivity index (χ4v) is 5.20. The predicted octanol–water partition coefficient (Wildman–Crippen LogP) is 6.75. The summed E-state index contributed by atoms with van der Waals surface area (Å²) >= 11 is 0. The van der Waals surface area contributed by atoms with Crippen LogP contribution in [0.3, 0.4) is 0 Å². The number of carboxylic acids is 1. The molecule has 208 valence electrons. The van der Waals surface area contributed by atoms with Crippen molar-refractivity contribution in [3.63, 3.8) is 0 Å². The van der Waals surface area contributed by atoms with Crippen molar-refractivity contribution in [3.05, 3.63) is 83.2 Å². The molecule has 0 saturated heterocycles. The number of aliphatic carboxylic acids is 1. The van der Waals surface area contributed by atoms with E-state index in [1.807, 2.05) is 56.3 Å². The molecule has 0 bridgehead atoms. The summed E-state index contributed by atoms with van der Waals surface area (Å²) in [5.74, 6) is 0.402. The summed E-state index contributed by atoms with van der Waals surface area (Å²) in [6.07, 6.45) is 1.69. The molecule has 1 saturated carbocycles. The molecular weight excluding hydrogens is 499 g/mol. The van der Waals surface area contributed by atoms with Gasteiger partial charge in [0.05, 0.1) is 26.2 Å². The summed E-state index contributed by atoms with van der Waals surface area (Å²) < 4.78 is 32.4. The lowest BCUT2D eigenvalue weighted by molar-refractivity contribution is -0.137. The Morgan fingerprint density at radius 1 is 1.03 bits per heavy atom. The third kappa shape index (κ3) is 6.78. The molecule has 3 aromatic rings. The van der Waals surface area contributed by atoms with Crippen molar-refractivity contribution in [3.8, 4) is 22.6 Å². The first-order valence-corrected chi connectivity index (χ1v) is 13.2. The Morgan fingerprint density at radius 3 is 2.44 bits per heavy atom. The van der Waals surface area contributed by atoms with Crippen LogP contribution in [-0.4, -0.2) is 37.0 Å². The highest BCUT2D eigenvalue weighted by atomic mass is 19.1. The van der Waals surface area contributed by atoms with Gasteiger partial charge in [-0.25, -0.2) is 4.39 Å². The van der Waals surface area contributed by atoms with E-state index >= 15 is 4.39 Å². The Morgan fingerprint density at radius 2 is 1.79 bits per heavy atom. The normalized spacial score (nSPS) is 15.0. The van der Waals surface area contributed by atoms with Crippen LogP contribution < -0.4 is 9.47 Å². The van der Waals surface area contributed by atoms with Gasteiger partial charge in [-0.15, -0.1) is 0 Å². The van der Waals surface area contributed by atoms with Crippen LogP contribution >= 0.6 is 0 Å². The van der Waals surface area contributed by atoms with Crippen molar-refractivity contribution in [1.29, 1.82) is 0 Å². The first kappa shape index (κ1) is 28.6. The molecular formula is C32H37FO6. The quantitative estimate of drug-likeness (QED) is 0.251. The van der Waals surface area contributed by atoms with Gasteiger partial charge < -0.3 is 24.4 Å². The fraction of sp³-hybridized carbons (Fsp3) is 0.406. The van der Waals surface area contributed by atoms with Gasteiger partial charge in [0.25, 0.3) is 0 Å². The second-order valence-corrected chi connectivity index (χ2v) is 10.9. The first-order valence-electron chi connectivity index (χ1n) is 13.2. The maximum atomic E-state index is 15.0. The van der Waals surface area contributed by atoms with E-state index in [0.717, 1.165) is 29.5 Å². The van der Waals surface area contributed by atoms with Gasteiger partial charge in [-0.1, -0.05) is 38.1 Å². The maximum Gasteiger partial charge on any atom is 0.303 e. The van der Waals surface area contributed by atoms with Crippen LogP contribution in [0.25, 0.3) is 11.1 Å². The SMILES string of the molecule is COc1ccc(F)c(-c2ccc(COc3cccc([C@@H](CC(=O)O)C4CC4)c3)cc2C(OC)C(C)(C)CO)c1. The zero-order valence-electron chi connectivity index (χ0n) is 22.9. The molecule has 0 aromatic heterocycles. The number of hydrogen-bond donors (Lipinski definition) is 2. The standard InChI is InChI=1S/C32H37FO6/c1-32(2,19-34)31(38-4)28-14-20(8-12-25(28)27-16-23(37-3)11-13-29(27)33)18-39-24-7-5-6-22(15-24)26(17-30(35)36)21-9-10-21/h5-8,11-16,21,26,31,34H,9-10,17-19H2,1-4H3,(H,35,36)/t26-,31?/m0/s1. The molecule has 1 aliphatic rings. The van der Waals surface area contributed by atoms with Gasteiger partial charge in [-0.3, -0.25) is 4.79 Å². The number of aliphatic hydroxyl groups excluding tert-OH is 1. The van der Waals surface area contributed by atoms with E-state index in [1.165, 1.54) is 13.2 Å². The van der Waals surface area contributed by atoms with E-state index < -0.39 is 17.5 Å². The fourth-order valence-electron chi connectivity index (χ4n) is 5.20. The Labute approximate surface area is 229 Å². The first-order chi connectivity index (χ1) is 18.7. The molecule has 2 N–H and O–H groups in total. The Hall–Kier alpha value is -3.42. The Kier molecular flexibility index (Phi) is 8.93. The molecule has 3 aromatic carbocycles. The minimum atomic E-state index is -0.795. The molecule has 0 heterocycles. The lowest BCUT2D eigenvalue weighted by atomic mass is 9.80. The second-order valence-electron chi connectivity index (χ2n) is 10.9. The van der Waals surface area contributed by atoms with Crippen molar-refractivity contribution in [1.82, 2.24) is 0 Å². The summed E-state index contributed by atoms with van der Waals surface area (Å²) in [6, 6.07) is 17.9. The van der Waals surface area contributed by atoms with Crippen LogP contribution in [0, 0.1) is 17.2 Å². The van der Waals surface area contributed by atoms with E-state index in [0.29, 0.717) is 28.5 Å². The molecule has 1 aliphatic carbocycles. The van der Waals surface area contributed by atoms with Crippen LogP contribution in [0.2, 0.25) is 0 Å². The molecule has 6 nitrogen and oxygen atoms in total. The Balaban J connectivity index is 1.66. The average Bonchev–Trinajstić information content (AvgIpc) is 3.77. The van der Waals surface area contributed by atoms with Crippen molar-refractivity contribution in [2.45, 2.75) is 51.7 Å².